The van der Waals surface area contributed by atoms with Gasteiger partial charge in [-0.15, -0.1) is 0 Å². The summed E-state index contributed by atoms with van der Waals surface area (Å²) in [7, 11) is 2.13. The minimum absolute atomic E-state index is 0.0953. The van der Waals surface area contributed by atoms with Crippen LogP contribution in [-0.4, -0.2) is 42.6 Å². The van der Waals surface area contributed by atoms with Crippen molar-refractivity contribution in [3.05, 3.63) is 65.2 Å². The van der Waals surface area contributed by atoms with Crippen LogP contribution in [0, 0.1) is 0 Å². The molecule has 1 unspecified atom stereocenters. The Bertz CT molecular complexity index is 920. The van der Waals surface area contributed by atoms with Gasteiger partial charge in [0.2, 0.25) is 0 Å². The van der Waals surface area contributed by atoms with Crippen LogP contribution in [0.3, 0.4) is 0 Å². The van der Waals surface area contributed by atoms with Crippen molar-refractivity contribution in [3.63, 3.8) is 0 Å². The van der Waals surface area contributed by atoms with Crippen LogP contribution in [0.4, 0.5) is 4.79 Å². The molecule has 7 nitrogen and oxygen atoms in total. The molecule has 4 rings (SSSR count). The van der Waals surface area contributed by atoms with Gasteiger partial charge in [-0.1, -0.05) is 30.3 Å². The topological polar surface area (TPSA) is 96.7 Å². The van der Waals surface area contributed by atoms with Crippen molar-refractivity contribution in [2.24, 2.45) is 5.73 Å². The lowest BCUT2D eigenvalue weighted by atomic mass is 9.80. The van der Waals surface area contributed by atoms with Gasteiger partial charge in [-0.05, 0) is 43.7 Å². The molecule has 1 atom stereocenters. The highest BCUT2D eigenvalue weighted by molar-refractivity contribution is 5.94. The SMILES string of the molecule is CN1CCC2(CC1)CC(NC(=O)c1ccc(CNC(N)=O)cc1)c1ccccc1O2. The Morgan fingerprint density at radius 3 is 2.53 bits per heavy atom. The van der Waals surface area contributed by atoms with Gasteiger partial charge < -0.3 is 26.0 Å². The van der Waals surface area contributed by atoms with E-state index in [1.165, 1.54) is 0 Å². The van der Waals surface area contributed by atoms with Crippen molar-refractivity contribution in [3.8, 4) is 5.75 Å². The van der Waals surface area contributed by atoms with E-state index < -0.39 is 6.03 Å². The maximum absolute atomic E-state index is 13.0. The molecule has 3 amide bonds. The van der Waals surface area contributed by atoms with Crippen LogP contribution in [0.5, 0.6) is 5.75 Å². The van der Waals surface area contributed by atoms with Gasteiger partial charge in [0.25, 0.3) is 5.91 Å². The summed E-state index contributed by atoms with van der Waals surface area (Å²) in [5.74, 6) is 0.751. The number of primary amides is 1. The largest absolute Gasteiger partial charge is 0.487 e. The number of urea groups is 1. The minimum atomic E-state index is -0.571. The van der Waals surface area contributed by atoms with Gasteiger partial charge in [0.1, 0.15) is 11.4 Å². The number of benzene rings is 2. The van der Waals surface area contributed by atoms with E-state index in [4.69, 9.17) is 10.5 Å². The van der Waals surface area contributed by atoms with E-state index in [-0.39, 0.29) is 17.6 Å². The van der Waals surface area contributed by atoms with Crippen LogP contribution in [0.15, 0.2) is 48.5 Å². The van der Waals surface area contributed by atoms with Crippen molar-refractivity contribution in [2.45, 2.75) is 37.5 Å². The first-order valence-corrected chi connectivity index (χ1v) is 10.3. The Kier molecular flexibility index (Phi) is 5.63. The zero-order valence-corrected chi connectivity index (χ0v) is 17.2. The third-order valence-electron chi connectivity index (χ3n) is 6.08. The number of nitrogens with zero attached hydrogens (tertiary/aromatic N) is 1. The second kappa shape index (κ2) is 8.36. The van der Waals surface area contributed by atoms with Crippen LogP contribution in [0.1, 0.15) is 46.8 Å². The molecule has 2 heterocycles. The fourth-order valence-corrected chi connectivity index (χ4v) is 4.28. The monoisotopic (exact) mass is 408 g/mol. The first-order valence-electron chi connectivity index (χ1n) is 10.3. The summed E-state index contributed by atoms with van der Waals surface area (Å²) in [6, 6.07) is 14.5. The van der Waals surface area contributed by atoms with E-state index in [2.05, 4.69) is 22.6 Å². The number of rotatable bonds is 4. The van der Waals surface area contributed by atoms with Gasteiger partial charge >= 0.3 is 6.03 Å². The fraction of sp³-hybridized carbons (Fsp3) is 0.391. The average molecular weight is 409 g/mol. The molecule has 2 aliphatic heterocycles. The smallest absolute Gasteiger partial charge is 0.312 e. The molecule has 158 valence electrons. The maximum Gasteiger partial charge on any atom is 0.312 e. The van der Waals surface area contributed by atoms with Gasteiger partial charge in [0.05, 0.1) is 6.04 Å². The van der Waals surface area contributed by atoms with Crippen LogP contribution >= 0.6 is 0 Å². The van der Waals surface area contributed by atoms with Crippen LogP contribution in [-0.2, 0) is 6.54 Å². The Morgan fingerprint density at radius 1 is 1.13 bits per heavy atom. The highest BCUT2D eigenvalue weighted by Crippen LogP contribution is 2.44. The van der Waals surface area contributed by atoms with E-state index >= 15 is 0 Å². The molecular formula is C23H28N4O3. The van der Waals surface area contributed by atoms with E-state index in [0.29, 0.717) is 12.1 Å². The number of para-hydroxylation sites is 1. The first-order chi connectivity index (χ1) is 14.4. The van der Waals surface area contributed by atoms with Crippen molar-refractivity contribution < 1.29 is 14.3 Å². The highest BCUT2D eigenvalue weighted by Gasteiger charge is 2.43. The summed E-state index contributed by atoms with van der Waals surface area (Å²) < 4.78 is 6.47. The minimum Gasteiger partial charge on any atom is -0.487 e. The summed E-state index contributed by atoms with van der Waals surface area (Å²) in [6.45, 7) is 2.31. The van der Waals surface area contributed by atoms with E-state index in [1.807, 2.05) is 36.4 Å². The third kappa shape index (κ3) is 4.41. The molecule has 2 aromatic rings. The lowest BCUT2D eigenvalue weighted by Crippen LogP contribution is -2.51. The molecule has 7 heteroatoms. The van der Waals surface area contributed by atoms with Gasteiger partial charge in [0.15, 0.2) is 0 Å². The molecule has 4 N–H and O–H groups in total. The predicted molar refractivity (Wildman–Crippen MR) is 114 cm³/mol. The Balaban J connectivity index is 1.50. The summed E-state index contributed by atoms with van der Waals surface area (Å²) in [6.07, 6.45) is 2.67. The molecule has 1 spiro atoms. The molecule has 30 heavy (non-hydrogen) atoms. The zero-order chi connectivity index (χ0) is 21.1. The number of carbonyl (C=O) groups excluding carboxylic acids is 2. The van der Waals surface area contributed by atoms with Crippen molar-refractivity contribution in [1.29, 1.82) is 0 Å². The van der Waals surface area contributed by atoms with E-state index in [1.54, 1.807) is 12.1 Å². The molecule has 0 radical (unpaired) electrons. The highest BCUT2D eigenvalue weighted by atomic mass is 16.5. The Hall–Kier alpha value is -3.06. The van der Waals surface area contributed by atoms with E-state index in [0.717, 1.165) is 49.2 Å². The quantitative estimate of drug-likeness (QED) is 0.724. The van der Waals surface area contributed by atoms with Gasteiger partial charge in [0, 0.05) is 37.2 Å². The van der Waals surface area contributed by atoms with Crippen LogP contribution in [0.2, 0.25) is 0 Å². The lowest BCUT2D eigenvalue weighted by molar-refractivity contribution is -0.0195. The first kappa shape index (κ1) is 20.2. The number of carbonyl (C=O) groups is 2. The molecule has 1 saturated heterocycles. The number of ether oxygens (including phenoxy) is 1. The molecular weight excluding hydrogens is 380 g/mol. The van der Waals surface area contributed by atoms with E-state index in [9.17, 15) is 9.59 Å². The Labute approximate surface area is 176 Å². The second-order valence-electron chi connectivity index (χ2n) is 8.27. The average Bonchev–Trinajstić information content (AvgIpc) is 2.75. The number of nitrogens with one attached hydrogen (secondary N) is 2. The number of likely N-dealkylation sites (tertiary alicyclic amines) is 1. The normalized spacial score (nSPS) is 20.1. The number of piperidine rings is 1. The van der Waals surface area contributed by atoms with Crippen molar-refractivity contribution >= 4 is 11.9 Å². The van der Waals surface area contributed by atoms with Gasteiger partial charge in [-0.2, -0.15) is 0 Å². The summed E-state index contributed by atoms with van der Waals surface area (Å²) >= 11 is 0. The Morgan fingerprint density at radius 2 is 1.83 bits per heavy atom. The summed E-state index contributed by atoms with van der Waals surface area (Å²) in [5, 5.41) is 5.77. The van der Waals surface area contributed by atoms with Gasteiger partial charge in [-0.3, -0.25) is 4.79 Å². The van der Waals surface area contributed by atoms with Gasteiger partial charge in [-0.25, -0.2) is 4.79 Å². The molecule has 2 aromatic carbocycles. The maximum atomic E-state index is 13.0. The molecule has 0 aromatic heterocycles. The predicted octanol–water partition coefficient (Wildman–Crippen LogP) is 2.57. The zero-order valence-electron chi connectivity index (χ0n) is 17.2. The second-order valence-corrected chi connectivity index (χ2v) is 8.27. The number of amides is 3. The van der Waals surface area contributed by atoms with Crippen LogP contribution in [0.25, 0.3) is 0 Å². The molecule has 1 fully saturated rings. The fourth-order valence-electron chi connectivity index (χ4n) is 4.28. The molecule has 0 saturated carbocycles. The number of hydrogen-bond donors (Lipinski definition) is 3. The van der Waals surface area contributed by atoms with Crippen LogP contribution < -0.4 is 21.1 Å². The number of fused-ring (bicyclic) bond motifs is 1. The van der Waals surface area contributed by atoms with Crippen molar-refractivity contribution in [1.82, 2.24) is 15.5 Å². The third-order valence-corrected chi connectivity index (χ3v) is 6.08. The summed E-state index contributed by atoms with van der Waals surface area (Å²) in [4.78, 5) is 26.1. The number of nitrogens with two attached hydrogens (primary N) is 1. The lowest BCUT2D eigenvalue weighted by Gasteiger charge is -2.46. The number of hydrogen-bond acceptors (Lipinski definition) is 4. The molecule has 0 aliphatic carbocycles. The standard InChI is InChI=1S/C23H28N4O3/c1-27-12-10-23(11-13-27)14-19(18-4-2-3-5-20(18)30-23)26-21(28)17-8-6-16(7-9-17)15-25-22(24)29/h2-9,19H,10-15H2,1H3,(H,26,28)(H3,24,25,29). The molecule has 0 bridgehead atoms. The summed E-state index contributed by atoms with van der Waals surface area (Å²) in [5.41, 5.74) is 7.36. The molecule has 2 aliphatic rings. The van der Waals surface area contributed by atoms with Crippen molar-refractivity contribution in [2.75, 3.05) is 20.1 Å².